The first-order valence-electron chi connectivity index (χ1n) is 7.01. The number of nitrogens with two attached hydrogens (primary N) is 1. The van der Waals surface area contributed by atoms with Crippen LogP contribution in [0, 0.1) is 6.92 Å². The van der Waals surface area contributed by atoms with E-state index in [1.807, 2.05) is 19.1 Å². The van der Waals surface area contributed by atoms with Gasteiger partial charge in [-0.05, 0) is 42.2 Å². The third-order valence-corrected chi connectivity index (χ3v) is 4.10. The SMILES string of the molecule is Cc1cc(N2CCc3ccccc3C2)cc(C(=O)O)c1N. The van der Waals surface area contributed by atoms with E-state index in [0.29, 0.717) is 5.69 Å². The molecule has 21 heavy (non-hydrogen) atoms. The third-order valence-electron chi connectivity index (χ3n) is 4.10. The smallest absolute Gasteiger partial charge is 0.337 e. The van der Waals surface area contributed by atoms with Crippen molar-refractivity contribution in [1.82, 2.24) is 0 Å². The molecule has 2 aromatic rings. The van der Waals surface area contributed by atoms with Crippen molar-refractivity contribution in [3.63, 3.8) is 0 Å². The number of carboxylic acids is 1. The summed E-state index contributed by atoms with van der Waals surface area (Å²) in [5.41, 5.74) is 10.8. The van der Waals surface area contributed by atoms with E-state index >= 15 is 0 Å². The number of carboxylic acid groups (broad SMARTS) is 1. The van der Waals surface area contributed by atoms with Crippen LogP contribution in [0.15, 0.2) is 36.4 Å². The molecular formula is C17H18N2O2. The summed E-state index contributed by atoms with van der Waals surface area (Å²) in [6.45, 7) is 3.54. The highest BCUT2D eigenvalue weighted by atomic mass is 16.4. The number of fused-ring (bicyclic) bond motifs is 1. The molecule has 0 amide bonds. The molecule has 1 aliphatic rings. The summed E-state index contributed by atoms with van der Waals surface area (Å²) in [7, 11) is 0. The van der Waals surface area contributed by atoms with Gasteiger partial charge in [-0.1, -0.05) is 24.3 Å². The molecule has 0 aromatic heterocycles. The van der Waals surface area contributed by atoms with Gasteiger partial charge in [-0.2, -0.15) is 0 Å². The lowest BCUT2D eigenvalue weighted by molar-refractivity contribution is 0.0698. The number of hydrogen-bond donors (Lipinski definition) is 2. The largest absolute Gasteiger partial charge is 0.478 e. The minimum atomic E-state index is -0.977. The Labute approximate surface area is 123 Å². The standard InChI is InChI=1S/C17H18N2O2/c1-11-8-14(9-15(16(11)18)17(20)21)19-7-6-12-4-2-3-5-13(12)10-19/h2-5,8-9H,6-7,10,18H2,1H3,(H,20,21). The number of aryl methyl sites for hydroxylation is 1. The second kappa shape index (κ2) is 5.13. The van der Waals surface area contributed by atoms with E-state index in [9.17, 15) is 9.90 Å². The third kappa shape index (κ3) is 2.44. The summed E-state index contributed by atoms with van der Waals surface area (Å²) in [6.07, 6.45) is 0.974. The molecule has 0 radical (unpaired) electrons. The molecule has 0 saturated carbocycles. The molecule has 0 aliphatic carbocycles. The highest BCUT2D eigenvalue weighted by Gasteiger charge is 2.19. The fourth-order valence-corrected chi connectivity index (χ4v) is 2.85. The lowest BCUT2D eigenvalue weighted by atomic mass is 9.98. The van der Waals surface area contributed by atoms with Crippen LogP contribution in [0.4, 0.5) is 11.4 Å². The number of nitrogen functional groups attached to an aromatic ring is 1. The van der Waals surface area contributed by atoms with Gasteiger partial charge in [-0.3, -0.25) is 0 Å². The quantitative estimate of drug-likeness (QED) is 0.831. The van der Waals surface area contributed by atoms with Gasteiger partial charge < -0.3 is 15.7 Å². The monoisotopic (exact) mass is 282 g/mol. The zero-order valence-corrected chi connectivity index (χ0v) is 12.0. The molecule has 0 unspecified atom stereocenters. The van der Waals surface area contributed by atoms with Crippen molar-refractivity contribution in [2.24, 2.45) is 0 Å². The number of anilines is 2. The molecule has 4 heteroatoms. The first kappa shape index (κ1) is 13.5. The highest BCUT2D eigenvalue weighted by Crippen LogP contribution is 2.29. The van der Waals surface area contributed by atoms with Crippen LogP contribution in [0.5, 0.6) is 0 Å². The predicted octanol–water partition coefficient (Wildman–Crippen LogP) is 2.84. The minimum absolute atomic E-state index is 0.184. The van der Waals surface area contributed by atoms with E-state index in [-0.39, 0.29) is 5.56 Å². The summed E-state index contributed by atoms with van der Waals surface area (Å²) in [5, 5.41) is 9.27. The molecule has 2 aromatic carbocycles. The van der Waals surface area contributed by atoms with E-state index < -0.39 is 5.97 Å². The fraction of sp³-hybridized carbons (Fsp3) is 0.235. The average molecular weight is 282 g/mol. The molecule has 1 heterocycles. The van der Waals surface area contributed by atoms with Crippen molar-refractivity contribution >= 4 is 17.3 Å². The van der Waals surface area contributed by atoms with Crippen LogP contribution in [0.25, 0.3) is 0 Å². The van der Waals surface area contributed by atoms with E-state index in [1.165, 1.54) is 11.1 Å². The highest BCUT2D eigenvalue weighted by molar-refractivity contribution is 5.95. The maximum Gasteiger partial charge on any atom is 0.337 e. The first-order valence-corrected chi connectivity index (χ1v) is 7.01. The number of nitrogens with zero attached hydrogens (tertiary/aromatic N) is 1. The number of carbonyl (C=O) groups is 1. The fourth-order valence-electron chi connectivity index (χ4n) is 2.85. The normalized spacial score (nSPS) is 13.9. The Morgan fingerprint density at radius 2 is 1.95 bits per heavy atom. The van der Waals surface area contributed by atoms with Crippen molar-refractivity contribution < 1.29 is 9.90 Å². The number of hydrogen-bond acceptors (Lipinski definition) is 3. The Kier molecular flexibility index (Phi) is 3.29. The van der Waals surface area contributed by atoms with Gasteiger partial charge in [-0.15, -0.1) is 0 Å². The van der Waals surface area contributed by atoms with Crippen molar-refractivity contribution in [2.75, 3.05) is 17.2 Å². The molecule has 3 N–H and O–H groups in total. The van der Waals surface area contributed by atoms with Crippen LogP contribution < -0.4 is 10.6 Å². The Bertz CT molecular complexity index is 710. The molecule has 0 bridgehead atoms. The van der Waals surface area contributed by atoms with Gasteiger partial charge in [0.15, 0.2) is 0 Å². The Balaban J connectivity index is 1.97. The maximum absolute atomic E-state index is 11.3. The van der Waals surface area contributed by atoms with E-state index in [2.05, 4.69) is 23.1 Å². The maximum atomic E-state index is 11.3. The van der Waals surface area contributed by atoms with Crippen LogP contribution in [-0.4, -0.2) is 17.6 Å². The van der Waals surface area contributed by atoms with Crippen molar-refractivity contribution in [1.29, 1.82) is 0 Å². The topological polar surface area (TPSA) is 66.6 Å². The van der Waals surface area contributed by atoms with Gasteiger partial charge in [0.25, 0.3) is 0 Å². The van der Waals surface area contributed by atoms with E-state index in [4.69, 9.17) is 5.73 Å². The van der Waals surface area contributed by atoms with Crippen LogP contribution >= 0.6 is 0 Å². The summed E-state index contributed by atoms with van der Waals surface area (Å²) in [5.74, 6) is -0.977. The summed E-state index contributed by atoms with van der Waals surface area (Å²) in [6, 6.07) is 12.0. The number of aromatic carboxylic acids is 1. The number of benzene rings is 2. The van der Waals surface area contributed by atoms with E-state index in [0.717, 1.165) is 30.8 Å². The van der Waals surface area contributed by atoms with Gasteiger partial charge in [0, 0.05) is 24.5 Å². The lowest BCUT2D eigenvalue weighted by Gasteiger charge is -2.31. The molecule has 0 atom stereocenters. The summed E-state index contributed by atoms with van der Waals surface area (Å²) >= 11 is 0. The Morgan fingerprint density at radius 1 is 1.24 bits per heavy atom. The van der Waals surface area contributed by atoms with Crippen LogP contribution in [0.1, 0.15) is 27.0 Å². The lowest BCUT2D eigenvalue weighted by Crippen LogP contribution is -2.30. The second-order valence-electron chi connectivity index (χ2n) is 5.47. The Morgan fingerprint density at radius 3 is 2.67 bits per heavy atom. The zero-order chi connectivity index (χ0) is 15.0. The number of rotatable bonds is 2. The zero-order valence-electron chi connectivity index (χ0n) is 12.0. The molecule has 0 saturated heterocycles. The Hall–Kier alpha value is -2.49. The second-order valence-corrected chi connectivity index (χ2v) is 5.47. The predicted molar refractivity (Wildman–Crippen MR) is 83.7 cm³/mol. The molecule has 0 spiro atoms. The first-order chi connectivity index (χ1) is 10.1. The minimum Gasteiger partial charge on any atom is -0.478 e. The molecule has 4 nitrogen and oxygen atoms in total. The average Bonchev–Trinajstić information content (AvgIpc) is 2.49. The summed E-state index contributed by atoms with van der Waals surface area (Å²) < 4.78 is 0. The van der Waals surface area contributed by atoms with Crippen molar-refractivity contribution in [3.05, 3.63) is 58.7 Å². The molecule has 3 rings (SSSR count). The molecule has 108 valence electrons. The molecule has 1 aliphatic heterocycles. The van der Waals surface area contributed by atoms with Crippen molar-refractivity contribution in [3.8, 4) is 0 Å². The molecular weight excluding hydrogens is 264 g/mol. The summed E-state index contributed by atoms with van der Waals surface area (Å²) in [4.78, 5) is 13.5. The van der Waals surface area contributed by atoms with E-state index in [1.54, 1.807) is 6.07 Å². The van der Waals surface area contributed by atoms with Gasteiger partial charge in [-0.25, -0.2) is 4.79 Å². The van der Waals surface area contributed by atoms with Gasteiger partial charge in [0.1, 0.15) is 0 Å². The molecule has 0 fully saturated rings. The van der Waals surface area contributed by atoms with Gasteiger partial charge in [0.05, 0.1) is 5.56 Å². The van der Waals surface area contributed by atoms with Crippen LogP contribution in [-0.2, 0) is 13.0 Å². The van der Waals surface area contributed by atoms with Gasteiger partial charge in [0.2, 0.25) is 0 Å². The van der Waals surface area contributed by atoms with Crippen LogP contribution in [0.3, 0.4) is 0 Å². The van der Waals surface area contributed by atoms with Gasteiger partial charge >= 0.3 is 5.97 Å². The van der Waals surface area contributed by atoms with Crippen LogP contribution in [0.2, 0.25) is 0 Å². The van der Waals surface area contributed by atoms with Crippen molar-refractivity contribution in [2.45, 2.75) is 19.9 Å².